The van der Waals surface area contributed by atoms with Gasteiger partial charge in [-0.3, -0.25) is 9.69 Å². The second kappa shape index (κ2) is 5.94. The summed E-state index contributed by atoms with van der Waals surface area (Å²) in [6.45, 7) is -2.13. The Balaban J connectivity index is 4.45. The molecule has 0 aromatic carbocycles. The second-order valence-electron chi connectivity index (χ2n) is 2.61. The first-order valence-electron chi connectivity index (χ1n) is 3.77. The van der Waals surface area contributed by atoms with E-state index >= 15 is 0 Å². The van der Waals surface area contributed by atoms with E-state index in [4.69, 9.17) is 0 Å². The SMILES string of the molecule is COC(=O)N(CC(=O)CBr)CC(F)(F)F. The van der Waals surface area contributed by atoms with Crippen molar-refractivity contribution < 1.29 is 27.5 Å². The Morgan fingerprint density at radius 2 is 1.93 bits per heavy atom. The first kappa shape index (κ1) is 14.2. The van der Waals surface area contributed by atoms with Gasteiger partial charge in [-0.25, -0.2) is 4.79 Å². The van der Waals surface area contributed by atoms with Crippen LogP contribution in [0.1, 0.15) is 0 Å². The molecule has 0 aliphatic heterocycles. The largest absolute Gasteiger partial charge is 0.453 e. The first-order chi connectivity index (χ1) is 6.80. The molecule has 8 heteroatoms. The zero-order chi connectivity index (χ0) is 12.1. The molecule has 0 aromatic heterocycles. The maximum absolute atomic E-state index is 12.0. The third kappa shape index (κ3) is 6.32. The fourth-order valence-corrected chi connectivity index (χ4v) is 0.963. The number of halogens is 4. The molecule has 15 heavy (non-hydrogen) atoms. The third-order valence-electron chi connectivity index (χ3n) is 1.32. The molecule has 0 spiro atoms. The topological polar surface area (TPSA) is 46.6 Å². The van der Waals surface area contributed by atoms with Gasteiger partial charge in [0.05, 0.1) is 19.0 Å². The van der Waals surface area contributed by atoms with Crippen molar-refractivity contribution in [3.8, 4) is 0 Å². The summed E-state index contributed by atoms with van der Waals surface area (Å²) < 4.78 is 40.1. The number of rotatable bonds is 4. The lowest BCUT2D eigenvalue weighted by atomic mass is 10.4. The van der Waals surface area contributed by atoms with Crippen LogP contribution in [0.5, 0.6) is 0 Å². The predicted octanol–water partition coefficient (Wildman–Crippen LogP) is 1.58. The van der Waals surface area contributed by atoms with Crippen LogP contribution in [-0.2, 0) is 9.53 Å². The van der Waals surface area contributed by atoms with Crippen LogP contribution in [0, 0.1) is 0 Å². The summed E-state index contributed by atoms with van der Waals surface area (Å²) in [6.07, 6.45) is -5.73. The number of ketones is 1. The van der Waals surface area contributed by atoms with E-state index in [-0.39, 0.29) is 5.33 Å². The Hall–Kier alpha value is -0.790. The Kier molecular flexibility index (Phi) is 5.63. The number of Topliss-reactive ketones (excluding diaryl/α,β-unsaturated/α-hetero) is 1. The molecule has 0 fully saturated rings. The van der Waals surface area contributed by atoms with Crippen molar-refractivity contribution in [2.45, 2.75) is 6.18 Å². The Morgan fingerprint density at radius 1 is 1.40 bits per heavy atom. The molecule has 0 saturated heterocycles. The summed E-state index contributed by atoms with van der Waals surface area (Å²) in [4.78, 5) is 22.0. The number of methoxy groups -OCH3 is 1. The van der Waals surface area contributed by atoms with Gasteiger partial charge in [0.2, 0.25) is 0 Å². The zero-order valence-corrected chi connectivity index (χ0v) is 9.39. The van der Waals surface area contributed by atoms with Crippen molar-refractivity contribution in [1.82, 2.24) is 4.90 Å². The van der Waals surface area contributed by atoms with Crippen molar-refractivity contribution in [2.75, 3.05) is 25.5 Å². The van der Waals surface area contributed by atoms with E-state index in [1.807, 2.05) is 0 Å². The molecule has 0 aromatic rings. The lowest BCUT2D eigenvalue weighted by Crippen LogP contribution is -2.42. The highest BCUT2D eigenvalue weighted by Gasteiger charge is 2.34. The van der Waals surface area contributed by atoms with Crippen LogP contribution in [0.2, 0.25) is 0 Å². The van der Waals surface area contributed by atoms with Crippen LogP contribution in [0.3, 0.4) is 0 Å². The molecular weight excluding hydrogens is 283 g/mol. The highest BCUT2D eigenvalue weighted by molar-refractivity contribution is 9.09. The highest BCUT2D eigenvalue weighted by atomic mass is 79.9. The average molecular weight is 292 g/mol. The molecule has 0 atom stereocenters. The van der Waals surface area contributed by atoms with E-state index in [0.29, 0.717) is 4.90 Å². The third-order valence-corrected chi connectivity index (χ3v) is 1.94. The molecule has 0 aliphatic carbocycles. The van der Waals surface area contributed by atoms with Crippen LogP contribution in [-0.4, -0.2) is 48.5 Å². The van der Waals surface area contributed by atoms with Gasteiger partial charge in [-0.1, -0.05) is 15.9 Å². The molecular formula is C7H9BrF3NO3. The minimum absolute atomic E-state index is 0.113. The smallest absolute Gasteiger partial charge is 0.410 e. The standard InChI is InChI=1S/C7H9BrF3NO3/c1-15-6(14)12(3-5(13)2-8)4-7(9,10)11/h2-4H2,1H3. The van der Waals surface area contributed by atoms with Gasteiger partial charge in [0, 0.05) is 0 Å². The molecule has 0 bridgehead atoms. The fraction of sp³-hybridized carbons (Fsp3) is 0.714. The van der Waals surface area contributed by atoms with Crippen LogP contribution in [0.4, 0.5) is 18.0 Å². The van der Waals surface area contributed by atoms with Gasteiger partial charge in [0.25, 0.3) is 0 Å². The molecule has 88 valence electrons. The monoisotopic (exact) mass is 291 g/mol. The molecule has 0 N–H and O–H groups in total. The Bertz CT molecular complexity index is 244. The minimum atomic E-state index is -4.55. The number of nitrogens with zero attached hydrogens (tertiary/aromatic N) is 1. The van der Waals surface area contributed by atoms with Crippen molar-refractivity contribution in [2.24, 2.45) is 0 Å². The lowest BCUT2D eigenvalue weighted by molar-refractivity contribution is -0.144. The first-order valence-corrected chi connectivity index (χ1v) is 4.89. The van der Waals surface area contributed by atoms with E-state index in [9.17, 15) is 22.8 Å². The fourth-order valence-electron chi connectivity index (χ4n) is 0.786. The summed E-state index contributed by atoms with van der Waals surface area (Å²) in [6, 6.07) is 0. The lowest BCUT2D eigenvalue weighted by Gasteiger charge is -2.21. The Morgan fingerprint density at radius 3 is 2.27 bits per heavy atom. The normalized spacial score (nSPS) is 11.0. The van der Waals surface area contributed by atoms with Crippen LogP contribution >= 0.6 is 15.9 Å². The van der Waals surface area contributed by atoms with E-state index in [0.717, 1.165) is 7.11 Å². The van der Waals surface area contributed by atoms with Gasteiger partial charge >= 0.3 is 12.3 Å². The van der Waals surface area contributed by atoms with Crippen molar-refractivity contribution in [3.05, 3.63) is 0 Å². The number of amides is 1. The van der Waals surface area contributed by atoms with E-state index < -0.39 is 31.1 Å². The van der Waals surface area contributed by atoms with Crippen LogP contribution in [0.25, 0.3) is 0 Å². The molecule has 1 amide bonds. The van der Waals surface area contributed by atoms with E-state index in [2.05, 4.69) is 20.7 Å². The number of alkyl halides is 4. The number of hydrogen-bond donors (Lipinski definition) is 0. The number of carbonyl (C=O) groups is 2. The summed E-state index contributed by atoms with van der Waals surface area (Å²) in [5.74, 6) is -0.537. The maximum Gasteiger partial charge on any atom is 0.410 e. The summed E-state index contributed by atoms with van der Waals surface area (Å²) in [5, 5.41) is -0.113. The highest BCUT2D eigenvalue weighted by Crippen LogP contribution is 2.16. The average Bonchev–Trinajstić information content (AvgIpc) is 2.13. The minimum Gasteiger partial charge on any atom is -0.453 e. The number of hydrogen-bond acceptors (Lipinski definition) is 3. The van der Waals surface area contributed by atoms with Gasteiger partial charge in [0.1, 0.15) is 6.54 Å². The maximum atomic E-state index is 12.0. The second-order valence-corrected chi connectivity index (χ2v) is 3.17. The van der Waals surface area contributed by atoms with Gasteiger partial charge in [-0.15, -0.1) is 0 Å². The molecule has 0 rings (SSSR count). The van der Waals surface area contributed by atoms with Gasteiger partial charge in [0.15, 0.2) is 5.78 Å². The summed E-state index contributed by atoms with van der Waals surface area (Å²) >= 11 is 2.78. The molecule has 4 nitrogen and oxygen atoms in total. The summed E-state index contributed by atoms with van der Waals surface area (Å²) in [5.41, 5.74) is 0. The molecule has 0 radical (unpaired) electrons. The Labute approximate surface area is 92.5 Å². The van der Waals surface area contributed by atoms with Crippen molar-refractivity contribution in [3.63, 3.8) is 0 Å². The number of ether oxygens (including phenoxy) is 1. The molecule has 0 saturated carbocycles. The van der Waals surface area contributed by atoms with Gasteiger partial charge in [-0.05, 0) is 0 Å². The quantitative estimate of drug-likeness (QED) is 0.739. The van der Waals surface area contributed by atoms with Crippen LogP contribution < -0.4 is 0 Å². The molecule has 0 heterocycles. The van der Waals surface area contributed by atoms with Crippen LogP contribution in [0.15, 0.2) is 0 Å². The zero-order valence-electron chi connectivity index (χ0n) is 7.81. The number of carbonyl (C=O) groups excluding carboxylic acids is 2. The van der Waals surface area contributed by atoms with Gasteiger partial charge < -0.3 is 4.74 Å². The van der Waals surface area contributed by atoms with Crippen molar-refractivity contribution in [1.29, 1.82) is 0 Å². The molecule has 0 unspecified atom stereocenters. The van der Waals surface area contributed by atoms with E-state index in [1.165, 1.54) is 0 Å². The van der Waals surface area contributed by atoms with Gasteiger partial charge in [-0.2, -0.15) is 13.2 Å². The van der Waals surface area contributed by atoms with Crippen molar-refractivity contribution >= 4 is 27.8 Å². The summed E-state index contributed by atoms with van der Waals surface area (Å²) in [7, 11) is 0.949. The predicted molar refractivity (Wildman–Crippen MR) is 48.8 cm³/mol. The molecule has 0 aliphatic rings. The van der Waals surface area contributed by atoms with E-state index in [1.54, 1.807) is 0 Å².